The fraction of sp³-hybridized carbons (Fsp3) is 0.0972. The third-order valence-corrected chi connectivity index (χ3v) is 20.7. The Morgan fingerprint density at radius 3 is 0.925 bits per heavy atom. The number of anilines is 3. The predicted octanol–water partition coefficient (Wildman–Crippen LogP) is 18.2. The summed E-state index contributed by atoms with van der Waals surface area (Å²) in [5.41, 5.74) is 4.52. The molecule has 0 fully saturated rings. The Labute approximate surface area is 654 Å². The van der Waals surface area contributed by atoms with Gasteiger partial charge in [0.25, 0.3) is 17.7 Å². The summed E-state index contributed by atoms with van der Waals surface area (Å²) in [6, 6.07) is 37.3. The maximum Gasteiger partial charge on any atom is 0.292 e. The van der Waals surface area contributed by atoms with Gasteiger partial charge in [0.2, 0.25) is 12.8 Å². The van der Waals surface area contributed by atoms with Crippen LogP contribution in [-0.2, 0) is 9.59 Å². The highest BCUT2D eigenvalue weighted by Gasteiger charge is 2.25. The number of methoxy groups -OCH3 is 3. The quantitative estimate of drug-likeness (QED) is 0.0305. The fourth-order valence-electron chi connectivity index (χ4n) is 8.44. The Morgan fingerprint density at radius 2 is 0.726 bits per heavy atom. The van der Waals surface area contributed by atoms with Crippen LogP contribution in [0.5, 0.6) is 34.5 Å². The highest BCUT2D eigenvalue weighted by atomic mass is 79.9. The number of halogens is 3. The van der Waals surface area contributed by atoms with E-state index in [9.17, 15) is 55.1 Å². The lowest BCUT2D eigenvalue weighted by molar-refractivity contribution is -0.116. The van der Waals surface area contributed by atoms with Crippen molar-refractivity contribution in [3.63, 3.8) is 0 Å². The number of thiazole rings is 3. The van der Waals surface area contributed by atoms with E-state index in [0.717, 1.165) is 27.5 Å². The maximum atomic E-state index is 12.5. The number of thiophene rings is 3. The molecule has 0 radical (unpaired) electrons. The number of aromatic hydroxyl groups is 3. The first-order chi connectivity index (χ1) is 51.0. The second kappa shape index (κ2) is 39.0. The van der Waals surface area contributed by atoms with E-state index in [1.54, 1.807) is 119 Å². The van der Waals surface area contributed by atoms with Gasteiger partial charge in [0.1, 0.15) is 65.3 Å². The van der Waals surface area contributed by atoms with Crippen LogP contribution in [0.1, 0.15) is 63.4 Å². The zero-order chi connectivity index (χ0) is 76.6. The summed E-state index contributed by atoms with van der Waals surface area (Å²) in [5.74, 6) is 0.0414. The summed E-state index contributed by atoms with van der Waals surface area (Å²) in [6.45, 7) is 0. The molecule has 0 spiro atoms. The van der Waals surface area contributed by atoms with Crippen LogP contribution in [0.2, 0.25) is 0 Å². The first-order valence-corrected chi connectivity index (χ1v) is 37.5. The van der Waals surface area contributed by atoms with Gasteiger partial charge in [-0.3, -0.25) is 24.0 Å². The molecule has 0 unspecified atom stereocenters. The average molecular weight is 1730 g/mol. The van der Waals surface area contributed by atoms with E-state index < -0.39 is 17.7 Å². The molecule has 12 aromatic rings. The van der Waals surface area contributed by atoms with Gasteiger partial charge in [-0.1, -0.05) is 52.2 Å². The van der Waals surface area contributed by atoms with Crippen LogP contribution in [0.15, 0.2) is 171 Å². The number of ether oxygens (including phenoxy) is 3. The van der Waals surface area contributed by atoms with Crippen LogP contribution in [0.4, 0.5) is 15.0 Å². The number of hydrogen-bond acceptors (Lipinski definition) is 26. The molecule has 9 aromatic heterocycles. The molecule has 5 amide bonds. The van der Waals surface area contributed by atoms with Crippen molar-refractivity contribution in [2.75, 3.05) is 65.5 Å². The SMILES string of the molecule is CN(C)C=O.CN(C)C=O.COc1cc(/C=C(\C#N)c2nc(-c3cccs3)c(NC(=O)c3ccco3)s2)cc(Br)c1O.COc1cc(/C=C(\C#N)c2nc(-c3cccs3)c(NC(=O)c3ccco3)s2)cc(Br)c1O.COc1cc(/C=C(\C#N)c2nc(-c3cccs3)c(NC(=O)c3ccco3)s2)cc(Br)c1O. The third-order valence-electron chi connectivity index (χ3n) is 13.3. The molecule has 0 atom stereocenters. The van der Waals surface area contributed by atoms with E-state index in [0.29, 0.717) is 93.9 Å². The van der Waals surface area contributed by atoms with E-state index in [-0.39, 0.29) is 51.8 Å². The summed E-state index contributed by atoms with van der Waals surface area (Å²) in [4.78, 5) is 75.8. The zero-order valence-electron chi connectivity index (χ0n) is 56.2. The molecule has 0 aliphatic heterocycles. The van der Waals surface area contributed by atoms with E-state index >= 15 is 0 Å². The molecule has 25 nitrogen and oxygen atoms in total. The zero-order valence-corrected chi connectivity index (χ0v) is 65.9. The van der Waals surface area contributed by atoms with Crippen molar-refractivity contribution in [1.29, 1.82) is 15.8 Å². The lowest BCUT2D eigenvalue weighted by atomic mass is 10.1. The van der Waals surface area contributed by atoms with Crippen molar-refractivity contribution in [1.82, 2.24) is 24.8 Å². The number of phenols is 3. The molecule has 12 rings (SSSR count). The second-order valence-electron chi connectivity index (χ2n) is 21.1. The van der Waals surface area contributed by atoms with Gasteiger partial charge in [0.15, 0.2) is 51.8 Å². The number of phenolic OH excluding ortho intramolecular Hbond substituents is 3. The Balaban J connectivity index is 0.000000188. The number of carbonyl (C=O) groups excluding carboxylic acids is 5. The first kappa shape index (κ1) is 80.5. The van der Waals surface area contributed by atoms with Gasteiger partial charge in [0.05, 0.1) is 84.9 Å². The predicted molar refractivity (Wildman–Crippen MR) is 423 cm³/mol. The second-order valence-corrected chi connectivity index (χ2v) is 29.5. The van der Waals surface area contributed by atoms with Crippen molar-refractivity contribution in [2.24, 2.45) is 0 Å². The average Bonchev–Trinajstić information content (AvgIpc) is 1.68. The summed E-state index contributed by atoms with van der Waals surface area (Å²) in [5, 5.41) is 76.6. The molecular weight excluding hydrogens is 1670 g/mol. The number of benzene rings is 3. The van der Waals surface area contributed by atoms with Crippen molar-refractivity contribution in [2.45, 2.75) is 0 Å². The molecule has 9 heterocycles. The van der Waals surface area contributed by atoms with Crippen molar-refractivity contribution in [3.8, 4) is 84.4 Å². The third kappa shape index (κ3) is 21.5. The molecule has 0 bridgehead atoms. The molecule has 540 valence electrons. The van der Waals surface area contributed by atoms with Crippen LogP contribution in [0, 0.1) is 34.0 Å². The number of amides is 5. The summed E-state index contributed by atoms with van der Waals surface area (Å²) < 4.78 is 32.4. The molecule has 3 aromatic carbocycles. The summed E-state index contributed by atoms with van der Waals surface area (Å²) in [7, 11) is 11.1. The van der Waals surface area contributed by atoms with Gasteiger partial charge in [0, 0.05) is 28.2 Å². The van der Waals surface area contributed by atoms with Gasteiger partial charge >= 0.3 is 0 Å². The molecule has 34 heteroatoms. The Hall–Kier alpha value is -11.2. The van der Waals surface area contributed by atoms with E-state index in [4.69, 9.17) is 27.5 Å². The van der Waals surface area contributed by atoms with Crippen LogP contribution in [-0.4, -0.2) is 120 Å². The molecule has 0 saturated heterocycles. The molecule has 106 heavy (non-hydrogen) atoms. The molecule has 0 aliphatic carbocycles. The highest BCUT2D eigenvalue weighted by molar-refractivity contribution is 9.11. The van der Waals surface area contributed by atoms with Gasteiger partial charge in [-0.15, -0.1) is 34.0 Å². The van der Waals surface area contributed by atoms with Crippen LogP contribution < -0.4 is 30.2 Å². The normalized spacial score (nSPS) is 10.8. The van der Waals surface area contributed by atoms with Gasteiger partial charge in [-0.25, -0.2) is 15.0 Å². The Bertz CT molecular complexity index is 4730. The standard InChI is InChI=1S/3C22H14BrN3O4S2.2C3H7NO/c3*1-29-16-10-12(9-14(23)19(16)27)8-13(11-24)21-25-18(17-5-3-7-31-17)22(32-21)26-20(28)15-4-2-6-30-15;2*1-4(2)3-5/h3*2-10,27H,1H3,(H,26,28);2*3H,1-2H3/b3*13-8+;;. The highest BCUT2D eigenvalue weighted by Crippen LogP contribution is 2.45. The smallest absolute Gasteiger partial charge is 0.292 e. The van der Waals surface area contributed by atoms with Crippen LogP contribution >= 0.6 is 116 Å². The van der Waals surface area contributed by atoms with Crippen LogP contribution in [0.3, 0.4) is 0 Å². The molecule has 6 N–H and O–H groups in total. The van der Waals surface area contributed by atoms with Gasteiger partial charge < -0.3 is 68.5 Å². The van der Waals surface area contributed by atoms with E-state index in [1.807, 2.05) is 52.5 Å². The molecule has 0 aliphatic rings. The lowest BCUT2D eigenvalue weighted by Gasteiger charge is -2.06. The van der Waals surface area contributed by atoms with Crippen molar-refractivity contribution < 1.29 is 66.8 Å². The number of nitrogens with zero attached hydrogens (tertiary/aromatic N) is 8. The van der Waals surface area contributed by atoms with Gasteiger partial charge in [-0.05, 0) is 190 Å². The number of allylic oxidation sites excluding steroid dienone is 3. The number of nitriles is 3. The molecule has 0 saturated carbocycles. The maximum absolute atomic E-state index is 12.5. The largest absolute Gasteiger partial charge is 0.503 e. The number of carbonyl (C=O) groups is 5. The molecular formula is C72H56Br3N11O14S6. The minimum atomic E-state index is -0.405. The number of rotatable bonds is 20. The Kier molecular flexibility index (Phi) is 29.6. The summed E-state index contributed by atoms with van der Waals surface area (Å²) >= 11 is 17.9. The van der Waals surface area contributed by atoms with Crippen molar-refractivity contribution in [3.05, 3.63) is 207 Å². The van der Waals surface area contributed by atoms with Gasteiger partial charge in [-0.2, -0.15) is 15.8 Å². The van der Waals surface area contributed by atoms with E-state index in [2.05, 4.69) is 96.9 Å². The van der Waals surface area contributed by atoms with E-state index in [1.165, 1.54) is 118 Å². The lowest BCUT2D eigenvalue weighted by Crippen LogP contribution is -2.10. The van der Waals surface area contributed by atoms with Crippen LogP contribution in [0.25, 0.3) is 66.7 Å². The monoisotopic (exact) mass is 1730 g/mol. The summed E-state index contributed by atoms with van der Waals surface area (Å²) in [6.07, 6.45) is 10.7. The van der Waals surface area contributed by atoms with Crippen molar-refractivity contribution >= 4 is 196 Å². The minimum absolute atomic E-state index is 0.0275. The Morgan fingerprint density at radius 1 is 0.462 bits per heavy atom. The minimum Gasteiger partial charge on any atom is -0.503 e. The topological polar surface area (TPSA) is 366 Å². The number of aromatic nitrogens is 3. The fourth-order valence-corrected chi connectivity index (χ4v) is 15.0. The first-order valence-electron chi connectivity index (χ1n) is 30.0. The number of hydrogen-bond donors (Lipinski definition) is 6. The number of nitrogens with one attached hydrogen (secondary N) is 3. The number of furan rings is 3.